The lowest BCUT2D eigenvalue weighted by atomic mass is 9.93. The van der Waals surface area contributed by atoms with Gasteiger partial charge < -0.3 is 10.1 Å². The van der Waals surface area contributed by atoms with E-state index in [0.717, 1.165) is 24.0 Å². The van der Waals surface area contributed by atoms with Gasteiger partial charge >= 0.3 is 0 Å². The Morgan fingerprint density at radius 3 is 2.65 bits per heavy atom. The number of carbonyl (C=O) groups excluding carboxylic acids is 1. The van der Waals surface area contributed by atoms with Crippen LogP contribution < -0.4 is 10.1 Å². The molecular weight excluding hydrogens is 288 g/mol. The standard InChI is InChI=1S/C19H24N2O2/c1-3-9-17(15-10-6-5-7-11-15)18(22)21-14-16-12-8-13-20-19(16)23-4-2/h5-8,10-13,17H,3-4,9,14H2,1-2H3,(H,21,22). The van der Waals surface area contributed by atoms with Gasteiger partial charge in [0.2, 0.25) is 11.8 Å². The second-order valence-corrected chi connectivity index (χ2v) is 5.37. The minimum absolute atomic E-state index is 0.0457. The quantitative estimate of drug-likeness (QED) is 0.809. The molecule has 2 rings (SSSR count). The first-order chi connectivity index (χ1) is 11.3. The van der Waals surface area contributed by atoms with Crippen molar-refractivity contribution in [3.63, 3.8) is 0 Å². The molecule has 4 nitrogen and oxygen atoms in total. The minimum atomic E-state index is -0.117. The maximum atomic E-state index is 12.6. The van der Waals surface area contributed by atoms with Crippen LogP contribution in [0.5, 0.6) is 5.88 Å². The summed E-state index contributed by atoms with van der Waals surface area (Å²) < 4.78 is 5.50. The third-order valence-electron chi connectivity index (χ3n) is 3.68. The molecular formula is C19H24N2O2. The number of nitrogens with one attached hydrogen (secondary N) is 1. The molecule has 1 atom stereocenters. The van der Waals surface area contributed by atoms with Crippen LogP contribution in [0.15, 0.2) is 48.7 Å². The van der Waals surface area contributed by atoms with Gasteiger partial charge in [0, 0.05) is 18.3 Å². The van der Waals surface area contributed by atoms with E-state index < -0.39 is 0 Å². The van der Waals surface area contributed by atoms with Gasteiger partial charge in [0.15, 0.2) is 0 Å². The molecule has 2 aromatic rings. The third kappa shape index (κ3) is 4.81. The van der Waals surface area contributed by atoms with E-state index >= 15 is 0 Å². The number of benzene rings is 1. The fraction of sp³-hybridized carbons (Fsp3) is 0.368. The Morgan fingerprint density at radius 1 is 1.17 bits per heavy atom. The van der Waals surface area contributed by atoms with Gasteiger partial charge in [0.1, 0.15) is 0 Å². The van der Waals surface area contributed by atoms with Gasteiger partial charge in [-0.2, -0.15) is 0 Å². The van der Waals surface area contributed by atoms with Crippen LogP contribution in [0.4, 0.5) is 0 Å². The second kappa shape index (κ2) is 8.93. The second-order valence-electron chi connectivity index (χ2n) is 5.37. The third-order valence-corrected chi connectivity index (χ3v) is 3.68. The Balaban J connectivity index is 2.05. The summed E-state index contributed by atoms with van der Waals surface area (Å²) in [5.41, 5.74) is 1.95. The molecule has 0 radical (unpaired) electrons. The normalized spacial score (nSPS) is 11.7. The molecule has 0 aliphatic heterocycles. The highest BCUT2D eigenvalue weighted by Crippen LogP contribution is 2.22. The van der Waals surface area contributed by atoms with Crippen molar-refractivity contribution in [1.82, 2.24) is 10.3 Å². The van der Waals surface area contributed by atoms with E-state index in [-0.39, 0.29) is 11.8 Å². The zero-order valence-electron chi connectivity index (χ0n) is 13.8. The zero-order chi connectivity index (χ0) is 16.5. The van der Waals surface area contributed by atoms with Gasteiger partial charge in [0.05, 0.1) is 12.5 Å². The molecule has 0 aliphatic rings. The molecule has 4 heteroatoms. The average molecular weight is 312 g/mol. The number of nitrogens with zero attached hydrogens (tertiary/aromatic N) is 1. The molecule has 0 saturated carbocycles. The van der Waals surface area contributed by atoms with Gasteiger partial charge in [-0.1, -0.05) is 49.7 Å². The Bertz CT molecular complexity index is 614. The Kier molecular flexibility index (Phi) is 6.60. The van der Waals surface area contributed by atoms with Crippen molar-refractivity contribution in [2.45, 2.75) is 39.2 Å². The molecule has 1 N–H and O–H groups in total. The fourth-order valence-corrected chi connectivity index (χ4v) is 2.55. The van der Waals surface area contributed by atoms with Gasteiger partial charge in [-0.3, -0.25) is 4.79 Å². The molecule has 0 spiro atoms. The van der Waals surface area contributed by atoms with Crippen LogP contribution in [0.3, 0.4) is 0 Å². The SMILES string of the molecule is CCCC(C(=O)NCc1cccnc1OCC)c1ccccc1. The van der Waals surface area contributed by atoms with Crippen molar-refractivity contribution < 1.29 is 9.53 Å². The number of pyridine rings is 1. The molecule has 1 aromatic carbocycles. The van der Waals surface area contributed by atoms with E-state index in [1.54, 1.807) is 6.20 Å². The summed E-state index contributed by atoms with van der Waals surface area (Å²) in [5.74, 6) is 0.514. The van der Waals surface area contributed by atoms with E-state index in [1.165, 1.54) is 0 Å². The Morgan fingerprint density at radius 2 is 1.96 bits per heavy atom. The predicted octanol–water partition coefficient (Wildman–Crippen LogP) is 3.68. The molecule has 0 bridgehead atoms. The molecule has 1 unspecified atom stereocenters. The maximum Gasteiger partial charge on any atom is 0.227 e. The van der Waals surface area contributed by atoms with Crippen molar-refractivity contribution in [1.29, 1.82) is 0 Å². The largest absolute Gasteiger partial charge is 0.478 e. The van der Waals surface area contributed by atoms with E-state index in [2.05, 4.69) is 17.2 Å². The minimum Gasteiger partial charge on any atom is -0.478 e. The molecule has 1 heterocycles. The molecule has 0 saturated heterocycles. The first-order valence-corrected chi connectivity index (χ1v) is 8.15. The molecule has 1 aromatic heterocycles. The number of rotatable bonds is 8. The van der Waals surface area contributed by atoms with E-state index in [4.69, 9.17) is 4.74 Å². The van der Waals surface area contributed by atoms with Gasteiger partial charge in [0.25, 0.3) is 0 Å². The van der Waals surface area contributed by atoms with Gasteiger partial charge in [-0.05, 0) is 25.0 Å². The van der Waals surface area contributed by atoms with Gasteiger partial charge in [-0.25, -0.2) is 4.98 Å². The molecule has 0 fully saturated rings. The Labute approximate surface area is 137 Å². The summed E-state index contributed by atoms with van der Waals surface area (Å²) in [6.07, 6.45) is 3.49. The van der Waals surface area contributed by atoms with Crippen molar-refractivity contribution >= 4 is 5.91 Å². The van der Waals surface area contributed by atoms with Crippen LogP contribution in [-0.4, -0.2) is 17.5 Å². The van der Waals surface area contributed by atoms with Crippen LogP contribution in [0.25, 0.3) is 0 Å². The summed E-state index contributed by atoms with van der Waals surface area (Å²) in [7, 11) is 0. The van der Waals surface area contributed by atoms with E-state index in [1.807, 2.05) is 49.4 Å². The van der Waals surface area contributed by atoms with Crippen molar-refractivity contribution in [2.24, 2.45) is 0 Å². The number of hydrogen-bond acceptors (Lipinski definition) is 3. The van der Waals surface area contributed by atoms with Gasteiger partial charge in [-0.15, -0.1) is 0 Å². The first kappa shape index (κ1) is 17.0. The Hall–Kier alpha value is -2.36. The van der Waals surface area contributed by atoms with Crippen LogP contribution in [0, 0.1) is 0 Å². The lowest BCUT2D eigenvalue weighted by Crippen LogP contribution is -2.29. The molecule has 1 amide bonds. The highest BCUT2D eigenvalue weighted by Gasteiger charge is 2.19. The molecule has 23 heavy (non-hydrogen) atoms. The average Bonchev–Trinajstić information content (AvgIpc) is 2.59. The molecule has 122 valence electrons. The summed E-state index contributed by atoms with van der Waals surface area (Å²) in [5, 5.41) is 3.02. The van der Waals surface area contributed by atoms with Crippen LogP contribution >= 0.6 is 0 Å². The highest BCUT2D eigenvalue weighted by atomic mass is 16.5. The number of hydrogen-bond donors (Lipinski definition) is 1. The van der Waals surface area contributed by atoms with E-state index in [0.29, 0.717) is 19.0 Å². The molecule has 0 aliphatic carbocycles. The summed E-state index contributed by atoms with van der Waals surface area (Å²) in [6.45, 7) is 5.00. The number of ether oxygens (including phenoxy) is 1. The maximum absolute atomic E-state index is 12.6. The lowest BCUT2D eigenvalue weighted by Gasteiger charge is -2.17. The van der Waals surface area contributed by atoms with Crippen molar-refractivity contribution in [3.05, 3.63) is 59.8 Å². The number of aromatic nitrogens is 1. The summed E-state index contributed by atoms with van der Waals surface area (Å²) in [4.78, 5) is 16.8. The smallest absolute Gasteiger partial charge is 0.227 e. The topological polar surface area (TPSA) is 51.2 Å². The fourth-order valence-electron chi connectivity index (χ4n) is 2.55. The van der Waals surface area contributed by atoms with E-state index in [9.17, 15) is 4.79 Å². The monoisotopic (exact) mass is 312 g/mol. The number of amides is 1. The highest BCUT2D eigenvalue weighted by molar-refractivity contribution is 5.83. The summed E-state index contributed by atoms with van der Waals surface area (Å²) >= 11 is 0. The lowest BCUT2D eigenvalue weighted by molar-refractivity contribution is -0.122. The van der Waals surface area contributed by atoms with Crippen molar-refractivity contribution in [3.8, 4) is 5.88 Å². The summed E-state index contributed by atoms with van der Waals surface area (Å²) in [6, 6.07) is 13.7. The van der Waals surface area contributed by atoms with Crippen molar-refractivity contribution in [2.75, 3.05) is 6.61 Å². The zero-order valence-corrected chi connectivity index (χ0v) is 13.8. The van der Waals surface area contributed by atoms with Crippen LogP contribution in [-0.2, 0) is 11.3 Å². The van der Waals surface area contributed by atoms with Crippen LogP contribution in [0.2, 0.25) is 0 Å². The first-order valence-electron chi connectivity index (χ1n) is 8.15. The predicted molar refractivity (Wildman–Crippen MR) is 91.3 cm³/mol. The van der Waals surface area contributed by atoms with Crippen LogP contribution in [0.1, 0.15) is 43.7 Å². The number of carbonyl (C=O) groups is 1.